The van der Waals surface area contributed by atoms with E-state index in [-0.39, 0.29) is 48.5 Å². The molecule has 0 aliphatic heterocycles. The second kappa shape index (κ2) is 19.0. The molecule has 42 heavy (non-hydrogen) atoms. The minimum absolute atomic E-state index is 0.00622. The largest absolute Gasteiger partial charge is 0.493 e. The molecule has 0 aliphatic carbocycles. The molecule has 1 aromatic rings. The van der Waals surface area contributed by atoms with Gasteiger partial charge in [-0.2, -0.15) is 0 Å². The highest BCUT2D eigenvalue weighted by Gasteiger charge is 2.32. The maximum atomic E-state index is 13.4. The summed E-state index contributed by atoms with van der Waals surface area (Å²) in [5, 5.41) is 14.3. The van der Waals surface area contributed by atoms with Crippen molar-refractivity contribution in [3.8, 4) is 11.5 Å². The van der Waals surface area contributed by atoms with Crippen molar-refractivity contribution in [2.45, 2.75) is 91.8 Å². The molecule has 0 unspecified atom stereocenters. The Morgan fingerprint density at radius 1 is 0.952 bits per heavy atom. The van der Waals surface area contributed by atoms with Crippen LogP contribution in [0.4, 0.5) is 0 Å². The van der Waals surface area contributed by atoms with Crippen LogP contribution in [0, 0.1) is 29.6 Å². The fourth-order valence-corrected chi connectivity index (χ4v) is 4.98. The fraction of sp³-hybridized carbons (Fsp3) is 0.758. The van der Waals surface area contributed by atoms with E-state index in [1.807, 2.05) is 45.9 Å². The van der Waals surface area contributed by atoms with E-state index in [0.717, 1.165) is 18.4 Å². The van der Waals surface area contributed by atoms with Gasteiger partial charge in [0.15, 0.2) is 11.5 Å². The lowest BCUT2D eigenvalue weighted by Crippen LogP contribution is -2.47. The maximum Gasteiger partial charge on any atom is 0.224 e. The van der Waals surface area contributed by atoms with Crippen LogP contribution in [0.3, 0.4) is 0 Å². The van der Waals surface area contributed by atoms with Crippen molar-refractivity contribution in [3.63, 3.8) is 0 Å². The molecule has 0 fully saturated rings. The number of carbonyl (C=O) groups is 2. The summed E-state index contributed by atoms with van der Waals surface area (Å²) in [6.07, 6.45) is 1.86. The third kappa shape index (κ3) is 12.9. The molecule has 9 heteroatoms. The normalized spacial score (nSPS) is 15.3. The monoisotopic (exact) mass is 593 g/mol. The van der Waals surface area contributed by atoms with Gasteiger partial charge in [0.25, 0.3) is 0 Å². The molecule has 0 aliphatic rings. The van der Waals surface area contributed by atoms with Crippen LogP contribution in [0.2, 0.25) is 0 Å². The summed E-state index contributed by atoms with van der Waals surface area (Å²) in [6, 6.07) is 5.24. The van der Waals surface area contributed by atoms with Crippen LogP contribution < -0.4 is 20.5 Å². The van der Waals surface area contributed by atoms with Crippen LogP contribution in [-0.4, -0.2) is 81.5 Å². The second-order valence-electron chi connectivity index (χ2n) is 12.8. The summed E-state index contributed by atoms with van der Waals surface area (Å²) < 4.78 is 16.6. The number of benzene rings is 1. The lowest BCUT2D eigenvalue weighted by molar-refractivity contribution is -0.131. The molecule has 1 aromatic carbocycles. The van der Waals surface area contributed by atoms with Crippen molar-refractivity contribution in [3.05, 3.63) is 23.8 Å². The molecular formula is C33H59N3O6. The predicted octanol–water partition coefficient (Wildman–Crippen LogP) is 4.28. The standard InChI is InChI=1S/C33H59N3O6/c1-21(2)25(16-24-12-13-30(41-10)31(17-24)42-15-11-14-40-9)18-27(34)29(37)19-26(22(3)4)33(39)35-28(23(5)6)20-32(38)36(7)8/h12-13,17,21-23,25-29,37H,11,14-16,18-20,34H2,1-10H3,(H,35,39)/t25-,26-,27-,28+,29-/m0/s1. The molecule has 242 valence electrons. The van der Waals surface area contributed by atoms with Crippen LogP contribution in [0.25, 0.3) is 0 Å². The molecule has 9 nitrogen and oxygen atoms in total. The smallest absolute Gasteiger partial charge is 0.224 e. The van der Waals surface area contributed by atoms with Crippen LogP contribution in [-0.2, 0) is 20.7 Å². The molecule has 1 rings (SSSR count). The summed E-state index contributed by atoms with van der Waals surface area (Å²) in [4.78, 5) is 27.2. The molecule has 0 bridgehead atoms. The van der Waals surface area contributed by atoms with Crippen LogP contribution >= 0.6 is 0 Å². The highest BCUT2D eigenvalue weighted by molar-refractivity contribution is 5.81. The Hall–Kier alpha value is -2.36. The number of aliphatic hydroxyl groups excluding tert-OH is 1. The van der Waals surface area contributed by atoms with Gasteiger partial charge in [-0.1, -0.05) is 47.6 Å². The van der Waals surface area contributed by atoms with E-state index >= 15 is 0 Å². The Morgan fingerprint density at radius 3 is 2.14 bits per heavy atom. The van der Waals surface area contributed by atoms with E-state index in [0.29, 0.717) is 37.1 Å². The van der Waals surface area contributed by atoms with Gasteiger partial charge in [0.1, 0.15) is 0 Å². The number of nitrogens with one attached hydrogen (secondary N) is 1. The van der Waals surface area contributed by atoms with Crippen LogP contribution in [0.5, 0.6) is 11.5 Å². The Bertz CT molecular complexity index is 936. The zero-order chi connectivity index (χ0) is 32.0. The van der Waals surface area contributed by atoms with Gasteiger partial charge in [-0.3, -0.25) is 9.59 Å². The van der Waals surface area contributed by atoms with Crippen molar-refractivity contribution >= 4 is 11.8 Å². The van der Waals surface area contributed by atoms with Gasteiger partial charge in [0.05, 0.1) is 19.8 Å². The number of rotatable bonds is 20. The molecule has 0 spiro atoms. The number of hydrogen-bond donors (Lipinski definition) is 3. The zero-order valence-electron chi connectivity index (χ0n) is 27.8. The molecule has 0 heterocycles. The van der Waals surface area contributed by atoms with Gasteiger partial charge in [-0.15, -0.1) is 0 Å². The molecule has 4 N–H and O–H groups in total. The molecule has 0 saturated carbocycles. The number of nitrogens with zero attached hydrogens (tertiary/aromatic N) is 1. The number of hydrogen-bond acceptors (Lipinski definition) is 7. The highest BCUT2D eigenvalue weighted by atomic mass is 16.5. The summed E-state index contributed by atoms with van der Waals surface area (Å²) in [5.41, 5.74) is 7.70. The topological polar surface area (TPSA) is 123 Å². The first-order chi connectivity index (χ1) is 19.7. The van der Waals surface area contributed by atoms with E-state index in [4.69, 9.17) is 19.9 Å². The average molecular weight is 594 g/mol. The Morgan fingerprint density at radius 2 is 1.62 bits per heavy atom. The van der Waals surface area contributed by atoms with Gasteiger partial charge in [0.2, 0.25) is 11.8 Å². The van der Waals surface area contributed by atoms with Crippen molar-refractivity contribution in [1.29, 1.82) is 0 Å². The third-order valence-corrected chi connectivity index (χ3v) is 8.15. The van der Waals surface area contributed by atoms with Gasteiger partial charge < -0.3 is 35.3 Å². The highest BCUT2D eigenvalue weighted by Crippen LogP contribution is 2.32. The van der Waals surface area contributed by atoms with E-state index in [9.17, 15) is 14.7 Å². The molecule has 5 atom stereocenters. The first-order valence-corrected chi connectivity index (χ1v) is 15.4. The number of carbonyl (C=O) groups excluding carboxylic acids is 2. The molecule has 2 amide bonds. The minimum Gasteiger partial charge on any atom is -0.493 e. The Kier molecular flexibility index (Phi) is 17.1. The zero-order valence-corrected chi connectivity index (χ0v) is 27.8. The van der Waals surface area contributed by atoms with Crippen molar-refractivity contribution in [1.82, 2.24) is 10.2 Å². The van der Waals surface area contributed by atoms with E-state index in [1.165, 1.54) is 4.90 Å². The predicted molar refractivity (Wildman–Crippen MR) is 169 cm³/mol. The van der Waals surface area contributed by atoms with E-state index < -0.39 is 18.1 Å². The quantitative estimate of drug-likeness (QED) is 0.193. The van der Waals surface area contributed by atoms with Crippen molar-refractivity contribution < 1.29 is 28.9 Å². The summed E-state index contributed by atoms with van der Waals surface area (Å²) in [5.74, 6) is 1.46. The maximum absolute atomic E-state index is 13.4. The van der Waals surface area contributed by atoms with Gasteiger partial charge in [-0.05, 0) is 60.6 Å². The number of nitrogens with two attached hydrogens (primary N) is 1. The van der Waals surface area contributed by atoms with Gasteiger partial charge >= 0.3 is 0 Å². The summed E-state index contributed by atoms with van der Waals surface area (Å²) in [7, 11) is 6.73. The number of amides is 2. The third-order valence-electron chi connectivity index (χ3n) is 8.15. The fourth-order valence-electron chi connectivity index (χ4n) is 4.98. The Labute approximate surface area is 254 Å². The summed E-state index contributed by atoms with van der Waals surface area (Å²) >= 11 is 0. The Balaban J connectivity index is 2.92. The second-order valence-corrected chi connectivity index (χ2v) is 12.8. The lowest BCUT2D eigenvalue weighted by Gasteiger charge is -2.31. The van der Waals surface area contributed by atoms with Gasteiger partial charge in [0, 0.05) is 58.7 Å². The molecule has 0 radical (unpaired) electrons. The van der Waals surface area contributed by atoms with Crippen LogP contribution in [0.15, 0.2) is 18.2 Å². The average Bonchev–Trinajstić information content (AvgIpc) is 2.92. The number of ether oxygens (including phenoxy) is 3. The van der Waals surface area contributed by atoms with Crippen molar-refractivity contribution in [2.75, 3.05) is 41.5 Å². The van der Waals surface area contributed by atoms with Gasteiger partial charge in [-0.25, -0.2) is 0 Å². The lowest BCUT2D eigenvalue weighted by atomic mass is 9.80. The minimum atomic E-state index is -0.833. The number of aliphatic hydroxyl groups is 1. The molecular weight excluding hydrogens is 534 g/mol. The first-order valence-electron chi connectivity index (χ1n) is 15.4. The van der Waals surface area contributed by atoms with E-state index in [1.54, 1.807) is 28.3 Å². The van der Waals surface area contributed by atoms with Crippen LogP contribution in [0.1, 0.15) is 72.8 Å². The number of methoxy groups -OCH3 is 2. The molecule has 0 aromatic heterocycles. The SMILES string of the molecule is COCCCOc1cc(C[C@@H](C[C@H](N)[C@@H](O)C[C@H](C(=O)N[C@H](CC(=O)N(C)C)C(C)C)C(C)C)C(C)C)ccc1OC. The van der Waals surface area contributed by atoms with Crippen molar-refractivity contribution in [2.24, 2.45) is 35.3 Å². The summed E-state index contributed by atoms with van der Waals surface area (Å²) in [6.45, 7) is 13.4. The first kappa shape index (κ1) is 37.7. The molecule has 0 saturated heterocycles. The van der Waals surface area contributed by atoms with E-state index in [2.05, 4.69) is 19.2 Å².